The highest BCUT2D eigenvalue weighted by Gasteiger charge is 2.14. The molecule has 16 heavy (non-hydrogen) atoms. The van der Waals surface area contributed by atoms with Crippen LogP contribution in [0.2, 0.25) is 0 Å². The lowest BCUT2D eigenvalue weighted by Gasteiger charge is -2.21. The topological polar surface area (TPSA) is 68.2 Å². The Morgan fingerprint density at radius 2 is 2.12 bits per heavy atom. The molecule has 1 aromatic heterocycles. The number of anilines is 1. The molecule has 1 heterocycles. The second kappa shape index (κ2) is 6.48. The second-order valence-electron chi connectivity index (χ2n) is 4.07. The van der Waals surface area contributed by atoms with Gasteiger partial charge < -0.3 is 15.1 Å². The Bertz CT molecular complexity index is 300. The van der Waals surface area contributed by atoms with Gasteiger partial charge in [-0.25, -0.2) is 0 Å². The van der Waals surface area contributed by atoms with Gasteiger partial charge in [0, 0.05) is 26.1 Å². The van der Waals surface area contributed by atoms with E-state index in [0.29, 0.717) is 30.8 Å². The summed E-state index contributed by atoms with van der Waals surface area (Å²) >= 11 is 0. The van der Waals surface area contributed by atoms with Gasteiger partial charge in [0.15, 0.2) is 0 Å². The average Bonchev–Trinajstić information content (AvgIpc) is 2.74. The number of nitrogens with zero attached hydrogens (tertiary/aromatic N) is 3. The molecule has 0 bridgehead atoms. The van der Waals surface area contributed by atoms with Crippen molar-refractivity contribution < 1.29 is 4.42 Å². The molecule has 0 aliphatic heterocycles. The summed E-state index contributed by atoms with van der Waals surface area (Å²) in [5, 5.41) is 8.02. The molecule has 1 aromatic rings. The minimum Gasteiger partial charge on any atom is -0.408 e. The lowest BCUT2D eigenvalue weighted by molar-refractivity contribution is 0.463. The number of hydrogen-bond acceptors (Lipinski definition) is 5. The van der Waals surface area contributed by atoms with E-state index >= 15 is 0 Å². The molecule has 0 aliphatic rings. The molecular weight excluding hydrogens is 204 g/mol. The van der Waals surface area contributed by atoms with E-state index in [1.54, 1.807) is 0 Å². The molecule has 1 unspecified atom stereocenters. The van der Waals surface area contributed by atoms with Crippen molar-refractivity contribution in [2.24, 2.45) is 11.7 Å². The van der Waals surface area contributed by atoms with Crippen LogP contribution in [0, 0.1) is 5.92 Å². The standard InChI is InChI=1S/C11H22N4O/c1-4-9(3)8-15(5-2)11-14-13-10(16-11)6-7-12/h9H,4-8,12H2,1-3H3. The second-order valence-corrected chi connectivity index (χ2v) is 4.07. The Morgan fingerprint density at radius 3 is 2.69 bits per heavy atom. The minimum absolute atomic E-state index is 0.541. The zero-order valence-corrected chi connectivity index (χ0v) is 10.4. The first-order valence-corrected chi connectivity index (χ1v) is 5.98. The van der Waals surface area contributed by atoms with E-state index in [9.17, 15) is 0 Å². The zero-order chi connectivity index (χ0) is 12.0. The Kier molecular flexibility index (Phi) is 5.25. The molecule has 0 radical (unpaired) electrons. The first-order chi connectivity index (χ1) is 7.71. The summed E-state index contributed by atoms with van der Waals surface area (Å²) in [4.78, 5) is 2.11. The molecule has 5 nitrogen and oxygen atoms in total. The predicted molar refractivity (Wildman–Crippen MR) is 64.4 cm³/mol. The third-order valence-corrected chi connectivity index (χ3v) is 2.70. The predicted octanol–water partition coefficient (Wildman–Crippen LogP) is 1.44. The maximum atomic E-state index is 5.55. The van der Waals surface area contributed by atoms with Crippen LogP contribution in [0.15, 0.2) is 4.42 Å². The van der Waals surface area contributed by atoms with Crippen molar-refractivity contribution in [2.45, 2.75) is 33.6 Å². The van der Waals surface area contributed by atoms with Gasteiger partial charge in [0.1, 0.15) is 0 Å². The minimum atomic E-state index is 0.541. The lowest BCUT2D eigenvalue weighted by Crippen LogP contribution is -2.28. The summed E-state index contributed by atoms with van der Waals surface area (Å²) in [6, 6.07) is 0.617. The Hall–Kier alpha value is -1.10. The quantitative estimate of drug-likeness (QED) is 0.762. The average molecular weight is 226 g/mol. The SMILES string of the molecule is CCC(C)CN(CC)c1nnc(CCN)o1. The fourth-order valence-corrected chi connectivity index (χ4v) is 1.44. The van der Waals surface area contributed by atoms with Crippen LogP contribution in [0.3, 0.4) is 0 Å². The van der Waals surface area contributed by atoms with Crippen molar-refractivity contribution in [2.75, 3.05) is 24.5 Å². The van der Waals surface area contributed by atoms with Gasteiger partial charge in [0.2, 0.25) is 5.89 Å². The van der Waals surface area contributed by atoms with Gasteiger partial charge in [-0.1, -0.05) is 25.4 Å². The van der Waals surface area contributed by atoms with Gasteiger partial charge in [-0.15, -0.1) is 5.10 Å². The summed E-state index contributed by atoms with van der Waals surface area (Å²) in [5.74, 6) is 1.25. The van der Waals surface area contributed by atoms with Gasteiger partial charge in [0.05, 0.1) is 0 Å². The number of nitrogens with two attached hydrogens (primary N) is 1. The normalized spacial score (nSPS) is 12.8. The van der Waals surface area contributed by atoms with Crippen LogP contribution in [0.4, 0.5) is 6.01 Å². The van der Waals surface area contributed by atoms with E-state index in [1.807, 2.05) is 0 Å². The van der Waals surface area contributed by atoms with Gasteiger partial charge in [0.25, 0.3) is 0 Å². The Morgan fingerprint density at radius 1 is 1.38 bits per heavy atom. The number of rotatable bonds is 7. The van der Waals surface area contributed by atoms with Crippen LogP contribution in [0.25, 0.3) is 0 Å². The molecule has 92 valence electrons. The molecule has 0 spiro atoms. The summed E-state index contributed by atoms with van der Waals surface area (Å²) in [6.45, 7) is 8.88. The molecule has 0 saturated carbocycles. The summed E-state index contributed by atoms with van der Waals surface area (Å²) in [7, 11) is 0. The largest absolute Gasteiger partial charge is 0.408 e. The first kappa shape index (κ1) is 13.0. The van der Waals surface area contributed by atoms with Gasteiger partial charge in [-0.05, 0) is 12.8 Å². The Labute approximate surface area is 97.0 Å². The molecular formula is C11H22N4O. The highest BCUT2D eigenvalue weighted by atomic mass is 16.4. The van der Waals surface area contributed by atoms with E-state index in [2.05, 4.69) is 35.9 Å². The van der Waals surface area contributed by atoms with Crippen LogP contribution < -0.4 is 10.6 Å². The van der Waals surface area contributed by atoms with E-state index in [0.717, 1.165) is 19.5 Å². The fraction of sp³-hybridized carbons (Fsp3) is 0.818. The van der Waals surface area contributed by atoms with Crippen molar-refractivity contribution in [3.05, 3.63) is 5.89 Å². The van der Waals surface area contributed by atoms with Crippen molar-refractivity contribution >= 4 is 6.01 Å². The molecule has 0 amide bonds. The van der Waals surface area contributed by atoms with Crippen molar-refractivity contribution in [3.8, 4) is 0 Å². The maximum Gasteiger partial charge on any atom is 0.318 e. The molecule has 1 rings (SSSR count). The molecule has 1 atom stereocenters. The number of aromatic nitrogens is 2. The third kappa shape index (κ3) is 3.48. The highest BCUT2D eigenvalue weighted by Crippen LogP contribution is 2.15. The van der Waals surface area contributed by atoms with Gasteiger partial charge in [-0.3, -0.25) is 0 Å². The summed E-state index contributed by atoms with van der Waals surface area (Å²) < 4.78 is 5.55. The Balaban J connectivity index is 2.63. The highest BCUT2D eigenvalue weighted by molar-refractivity contribution is 5.23. The molecule has 0 saturated heterocycles. The van der Waals surface area contributed by atoms with Crippen LogP contribution in [-0.2, 0) is 6.42 Å². The van der Waals surface area contributed by atoms with E-state index < -0.39 is 0 Å². The summed E-state index contributed by atoms with van der Waals surface area (Å²) in [6.07, 6.45) is 1.80. The van der Waals surface area contributed by atoms with E-state index in [1.165, 1.54) is 0 Å². The maximum absolute atomic E-state index is 5.55. The first-order valence-electron chi connectivity index (χ1n) is 5.98. The van der Waals surface area contributed by atoms with Gasteiger partial charge in [-0.2, -0.15) is 0 Å². The van der Waals surface area contributed by atoms with Crippen LogP contribution in [-0.4, -0.2) is 29.8 Å². The van der Waals surface area contributed by atoms with E-state index in [4.69, 9.17) is 10.2 Å². The zero-order valence-electron chi connectivity index (χ0n) is 10.4. The van der Waals surface area contributed by atoms with E-state index in [-0.39, 0.29) is 0 Å². The fourth-order valence-electron chi connectivity index (χ4n) is 1.44. The molecule has 0 fully saturated rings. The van der Waals surface area contributed by atoms with Crippen molar-refractivity contribution in [1.29, 1.82) is 0 Å². The smallest absolute Gasteiger partial charge is 0.318 e. The van der Waals surface area contributed by atoms with Crippen molar-refractivity contribution in [3.63, 3.8) is 0 Å². The van der Waals surface area contributed by atoms with Crippen LogP contribution in [0.1, 0.15) is 33.1 Å². The molecule has 2 N–H and O–H groups in total. The lowest BCUT2D eigenvalue weighted by atomic mass is 10.1. The van der Waals surface area contributed by atoms with Gasteiger partial charge >= 0.3 is 6.01 Å². The number of hydrogen-bond donors (Lipinski definition) is 1. The monoisotopic (exact) mass is 226 g/mol. The van der Waals surface area contributed by atoms with Crippen LogP contribution in [0.5, 0.6) is 0 Å². The van der Waals surface area contributed by atoms with Crippen LogP contribution >= 0.6 is 0 Å². The molecule has 5 heteroatoms. The summed E-state index contributed by atoms with van der Waals surface area (Å²) in [5.41, 5.74) is 5.44. The molecule has 0 aromatic carbocycles. The molecule has 0 aliphatic carbocycles. The van der Waals surface area contributed by atoms with Crippen molar-refractivity contribution in [1.82, 2.24) is 10.2 Å². The third-order valence-electron chi connectivity index (χ3n) is 2.70.